The third kappa shape index (κ3) is 4.96. The van der Waals surface area contributed by atoms with Gasteiger partial charge >= 0.3 is 11.9 Å². The van der Waals surface area contributed by atoms with E-state index in [2.05, 4.69) is 17.2 Å². The molecule has 8 rings (SSSR count). The number of carboxylic acids is 1. The number of morpholine rings is 1. The minimum absolute atomic E-state index is 0.464. The quantitative estimate of drug-likeness (QED) is 0.181. The number of carboxylic acid groups (broad SMARTS) is 1. The Morgan fingerprint density at radius 3 is 2.04 bits per heavy atom. The summed E-state index contributed by atoms with van der Waals surface area (Å²) in [4.78, 5) is 44.7. The summed E-state index contributed by atoms with van der Waals surface area (Å²) in [6, 6.07) is 30.9. The van der Waals surface area contributed by atoms with E-state index >= 15 is 0 Å². The fourth-order valence-electron chi connectivity index (χ4n) is 8.74. The summed E-state index contributed by atoms with van der Waals surface area (Å²) in [6.45, 7) is 0. The van der Waals surface area contributed by atoms with Crippen molar-refractivity contribution < 1.29 is 29.3 Å². The number of ether oxygens (including phenoxy) is 1. The highest BCUT2D eigenvalue weighted by atomic mass is 16.6. The van der Waals surface area contributed by atoms with E-state index in [1.165, 1.54) is 0 Å². The molecule has 2 saturated heterocycles. The zero-order chi connectivity index (χ0) is 33.8. The second-order valence-electron chi connectivity index (χ2n) is 13.6. The molecule has 49 heavy (non-hydrogen) atoms. The van der Waals surface area contributed by atoms with Gasteiger partial charge in [0.1, 0.15) is 29.1 Å². The molecule has 1 amide bonds. The molecule has 246 valence electrons. The summed E-state index contributed by atoms with van der Waals surface area (Å²) in [5, 5.41) is 25.3. The van der Waals surface area contributed by atoms with Crippen LogP contribution in [0.1, 0.15) is 78.1 Å². The normalized spacial score (nSPS) is 28.5. The van der Waals surface area contributed by atoms with E-state index in [9.17, 15) is 24.6 Å². The monoisotopic (exact) mass is 652 g/mol. The lowest BCUT2D eigenvalue weighted by molar-refractivity contribution is -0.179. The molecule has 3 fully saturated rings. The van der Waals surface area contributed by atoms with Crippen LogP contribution in [0.2, 0.25) is 0 Å². The number of amides is 1. The molecule has 0 aromatic heterocycles. The lowest BCUT2D eigenvalue weighted by atomic mass is 9.65. The minimum Gasteiger partial charge on any atom is -0.481 e. The average molecular weight is 653 g/mol. The largest absolute Gasteiger partial charge is 0.481 e. The van der Waals surface area contributed by atoms with Gasteiger partial charge in [-0.2, -0.15) is 0 Å². The van der Waals surface area contributed by atoms with E-state index in [0.717, 1.165) is 30.4 Å². The number of cyclic esters (lactones) is 1. The molecule has 0 unspecified atom stereocenters. The number of fused-ring (bicyclic) bond motifs is 3. The zero-order valence-electron chi connectivity index (χ0n) is 26.8. The Labute approximate surface area is 284 Å². The van der Waals surface area contributed by atoms with Crippen molar-refractivity contribution in [1.82, 2.24) is 4.90 Å². The van der Waals surface area contributed by atoms with Gasteiger partial charge in [0.2, 0.25) is 5.91 Å². The fraction of sp³-hybridized carbons (Fsp3) is 0.293. The van der Waals surface area contributed by atoms with Crippen LogP contribution < -0.4 is 5.32 Å². The maximum atomic E-state index is 14.7. The molecule has 4 aliphatic rings. The lowest BCUT2D eigenvalue weighted by Gasteiger charge is -2.46. The fourth-order valence-corrected chi connectivity index (χ4v) is 8.74. The number of benzene rings is 4. The van der Waals surface area contributed by atoms with E-state index in [1.54, 1.807) is 18.2 Å². The van der Waals surface area contributed by atoms with Crippen molar-refractivity contribution in [2.24, 2.45) is 5.92 Å². The number of carbonyl (C=O) groups is 3. The van der Waals surface area contributed by atoms with E-state index in [-0.39, 0.29) is 0 Å². The number of aliphatic carboxylic acids is 1. The zero-order valence-corrected chi connectivity index (χ0v) is 26.8. The van der Waals surface area contributed by atoms with Gasteiger partial charge in [-0.15, -0.1) is 0 Å². The van der Waals surface area contributed by atoms with Crippen molar-refractivity contribution in [2.75, 3.05) is 5.32 Å². The van der Waals surface area contributed by atoms with Crippen molar-refractivity contribution in [3.8, 4) is 11.8 Å². The summed E-state index contributed by atoms with van der Waals surface area (Å²) in [5.74, 6) is 2.27. The highest BCUT2D eigenvalue weighted by Gasteiger charge is 2.74. The Bertz CT molecular complexity index is 1980. The molecule has 1 aliphatic carbocycles. The van der Waals surface area contributed by atoms with Crippen LogP contribution in [-0.2, 0) is 24.5 Å². The molecule has 1 spiro atoms. The van der Waals surface area contributed by atoms with Crippen molar-refractivity contribution in [2.45, 2.75) is 67.3 Å². The smallest absolute Gasteiger partial charge is 0.325 e. The second-order valence-corrected chi connectivity index (χ2v) is 13.6. The van der Waals surface area contributed by atoms with Gasteiger partial charge < -0.3 is 20.3 Å². The number of aliphatic hydroxyl groups is 1. The van der Waals surface area contributed by atoms with Crippen molar-refractivity contribution >= 4 is 23.5 Å². The van der Waals surface area contributed by atoms with Gasteiger partial charge in [-0.3, -0.25) is 19.3 Å². The van der Waals surface area contributed by atoms with Crippen LogP contribution in [-0.4, -0.2) is 44.6 Å². The summed E-state index contributed by atoms with van der Waals surface area (Å²) in [7, 11) is 0. The summed E-state index contributed by atoms with van der Waals surface area (Å²) >= 11 is 0. The van der Waals surface area contributed by atoms with Crippen LogP contribution in [0, 0.1) is 17.8 Å². The molecule has 0 radical (unpaired) electrons. The van der Waals surface area contributed by atoms with Gasteiger partial charge in [-0.1, -0.05) is 109 Å². The molecule has 8 nitrogen and oxygen atoms in total. The number of hydrogen-bond acceptors (Lipinski definition) is 6. The molecule has 0 bridgehead atoms. The van der Waals surface area contributed by atoms with Crippen LogP contribution >= 0.6 is 0 Å². The van der Waals surface area contributed by atoms with Crippen LogP contribution in [0.4, 0.5) is 5.69 Å². The van der Waals surface area contributed by atoms with Crippen molar-refractivity contribution in [3.63, 3.8) is 0 Å². The molecule has 3 heterocycles. The number of rotatable bonds is 4. The molecule has 1 saturated carbocycles. The van der Waals surface area contributed by atoms with E-state index in [4.69, 9.17) is 4.74 Å². The Hall–Kier alpha value is -5.23. The van der Waals surface area contributed by atoms with Gasteiger partial charge in [0.25, 0.3) is 0 Å². The third-order valence-corrected chi connectivity index (χ3v) is 10.8. The van der Waals surface area contributed by atoms with Crippen LogP contribution in [0.15, 0.2) is 109 Å². The Morgan fingerprint density at radius 2 is 1.41 bits per heavy atom. The van der Waals surface area contributed by atoms with Gasteiger partial charge in [0, 0.05) is 11.3 Å². The molecular weight excluding hydrogens is 616 g/mol. The second kappa shape index (κ2) is 12.0. The Kier molecular flexibility index (Phi) is 7.62. The minimum atomic E-state index is -1.73. The van der Waals surface area contributed by atoms with Crippen molar-refractivity contribution in [1.29, 1.82) is 0 Å². The number of anilines is 1. The van der Waals surface area contributed by atoms with Gasteiger partial charge in [0.05, 0.1) is 12.1 Å². The molecular formula is C41H36N2O6. The van der Waals surface area contributed by atoms with Crippen LogP contribution in [0.25, 0.3) is 0 Å². The summed E-state index contributed by atoms with van der Waals surface area (Å²) in [6.07, 6.45) is 3.26. The first kappa shape index (κ1) is 31.1. The molecule has 3 N–H and O–H groups in total. The number of carbonyl (C=O) groups excluding carboxylic acids is 2. The SMILES string of the molecule is O=C1O[C@H](c2ccccc2)[C@H](c2ccccc2)N2[C@H]1[C@@H](C(=O)O)[C@]1(C(=O)Nc3ccc(C#CC4(O)CCCCC4)cc31)[C@H]2c1ccccc1. The predicted molar refractivity (Wildman–Crippen MR) is 182 cm³/mol. The first-order valence-electron chi connectivity index (χ1n) is 16.9. The lowest BCUT2D eigenvalue weighted by Crippen LogP contribution is -2.52. The number of nitrogens with one attached hydrogen (secondary N) is 1. The highest BCUT2D eigenvalue weighted by Crippen LogP contribution is 2.64. The molecule has 6 atom stereocenters. The molecule has 3 aliphatic heterocycles. The standard InChI is InChI=1S/C41H36N2O6/c44-37(45)32-34-38(46)49-35(28-15-7-2-8-16-28)33(27-13-5-1-6-14-27)43(34)36(29-17-9-3-10-18-29)41(32)30-25-26(19-20-31(30)42-39(41)47)21-24-40(48)22-11-4-12-23-40/h1-3,5-10,13-20,25,32-36,48H,4,11-12,22-23H2,(H,42,47)(H,44,45)/t32-,33-,34-,35+,36+,41-/m0/s1. The van der Waals surface area contributed by atoms with Gasteiger partial charge in [-0.05, 0) is 66.1 Å². The summed E-state index contributed by atoms with van der Waals surface area (Å²) in [5.41, 5.74) is 0.965. The van der Waals surface area contributed by atoms with Crippen LogP contribution in [0.3, 0.4) is 0 Å². The first-order valence-corrected chi connectivity index (χ1v) is 16.9. The van der Waals surface area contributed by atoms with E-state index in [1.807, 2.05) is 95.9 Å². The van der Waals surface area contributed by atoms with Crippen molar-refractivity contribution in [3.05, 3.63) is 137 Å². The molecule has 4 aromatic carbocycles. The maximum Gasteiger partial charge on any atom is 0.325 e. The predicted octanol–water partition coefficient (Wildman–Crippen LogP) is 6.09. The molecule has 8 heteroatoms. The average Bonchev–Trinajstić information content (AvgIpc) is 3.61. The van der Waals surface area contributed by atoms with Gasteiger partial charge in [-0.25, -0.2) is 0 Å². The Balaban J connectivity index is 1.38. The first-order chi connectivity index (χ1) is 23.8. The highest BCUT2D eigenvalue weighted by molar-refractivity contribution is 6.11. The number of nitrogens with zero attached hydrogens (tertiary/aromatic N) is 1. The topological polar surface area (TPSA) is 116 Å². The third-order valence-electron chi connectivity index (χ3n) is 10.8. The van der Waals surface area contributed by atoms with E-state index in [0.29, 0.717) is 35.2 Å². The van der Waals surface area contributed by atoms with Gasteiger partial charge in [0.15, 0.2) is 0 Å². The Morgan fingerprint density at radius 1 is 0.796 bits per heavy atom. The number of hydrogen-bond donors (Lipinski definition) is 3. The van der Waals surface area contributed by atoms with Crippen LogP contribution in [0.5, 0.6) is 0 Å². The molecule has 4 aromatic rings. The number of esters is 1. The van der Waals surface area contributed by atoms with E-state index < -0.39 is 59.0 Å². The summed E-state index contributed by atoms with van der Waals surface area (Å²) < 4.78 is 6.26. The maximum absolute atomic E-state index is 14.7.